The molecule has 0 bridgehead atoms. The lowest BCUT2D eigenvalue weighted by molar-refractivity contribution is -0.385. The van der Waals surface area contributed by atoms with Gasteiger partial charge in [-0.05, 0) is 60.9 Å². The van der Waals surface area contributed by atoms with Crippen molar-refractivity contribution in [1.82, 2.24) is 4.90 Å². The van der Waals surface area contributed by atoms with Crippen LogP contribution in [0, 0.1) is 16.0 Å². The zero-order valence-corrected chi connectivity index (χ0v) is 27.8. The largest absolute Gasteiger partial charge is 0.454 e. The quantitative estimate of drug-likeness (QED) is 0.124. The third-order valence-electron chi connectivity index (χ3n) is 9.93. The molecule has 12 nitrogen and oxygen atoms in total. The van der Waals surface area contributed by atoms with E-state index >= 15 is 0 Å². The maximum atomic E-state index is 14.2. The number of amides is 3. The number of nitro groups is 1. The number of nitro benzene ring substituents is 1. The number of nitrogens with zero attached hydrogens (tertiary/aromatic N) is 4. The summed E-state index contributed by atoms with van der Waals surface area (Å²) >= 11 is 0. The molecule has 3 aliphatic rings. The first-order chi connectivity index (χ1) is 24.6. The van der Waals surface area contributed by atoms with Crippen LogP contribution in [0.5, 0.6) is 11.5 Å². The Labute approximate surface area is 293 Å². The first kappa shape index (κ1) is 33.6. The summed E-state index contributed by atoms with van der Waals surface area (Å²) in [5, 5.41) is 33.4. The summed E-state index contributed by atoms with van der Waals surface area (Å²) in [5.41, 5.74) is 0.262. The molecule has 3 atom stereocenters. The highest BCUT2D eigenvalue weighted by Crippen LogP contribution is 2.47. The van der Waals surface area contributed by atoms with E-state index in [2.05, 4.69) is 0 Å². The molecule has 7 rings (SSSR count). The van der Waals surface area contributed by atoms with E-state index in [0.29, 0.717) is 46.2 Å². The average molecular weight is 689 g/mol. The van der Waals surface area contributed by atoms with Crippen LogP contribution in [0.2, 0.25) is 0 Å². The van der Waals surface area contributed by atoms with E-state index in [-0.39, 0.29) is 48.7 Å². The Morgan fingerprint density at radius 2 is 1.75 bits per heavy atom. The number of aliphatic hydroxyl groups excluding tert-OH is 1. The van der Waals surface area contributed by atoms with Gasteiger partial charge < -0.3 is 24.7 Å². The molecule has 0 spiro atoms. The fourth-order valence-electron chi connectivity index (χ4n) is 7.19. The Kier molecular flexibility index (Phi) is 8.88. The highest BCUT2D eigenvalue weighted by Gasteiger charge is 2.53. The maximum Gasteiger partial charge on any atom is 0.269 e. The smallest absolute Gasteiger partial charge is 0.269 e. The van der Waals surface area contributed by atoms with Crippen molar-refractivity contribution in [3.05, 3.63) is 130 Å². The zero-order valence-electron chi connectivity index (χ0n) is 27.8. The van der Waals surface area contributed by atoms with Gasteiger partial charge in [0.2, 0.25) is 5.91 Å². The summed E-state index contributed by atoms with van der Waals surface area (Å²) in [6, 6.07) is 25.2. The molecule has 0 radical (unpaired) electrons. The molecule has 51 heavy (non-hydrogen) atoms. The van der Waals surface area contributed by atoms with Gasteiger partial charge in [0.15, 0.2) is 11.4 Å². The summed E-state index contributed by atoms with van der Waals surface area (Å²) < 4.78 is 6.11. The van der Waals surface area contributed by atoms with Gasteiger partial charge in [0, 0.05) is 42.3 Å². The van der Waals surface area contributed by atoms with Gasteiger partial charge in [0.1, 0.15) is 5.75 Å². The zero-order chi connectivity index (χ0) is 35.9. The van der Waals surface area contributed by atoms with Gasteiger partial charge in [-0.25, -0.2) is 0 Å². The molecule has 1 saturated heterocycles. The van der Waals surface area contributed by atoms with Gasteiger partial charge in [-0.2, -0.15) is 0 Å². The minimum absolute atomic E-state index is 0.0185. The first-order valence-electron chi connectivity index (χ1n) is 16.8. The number of likely N-dealkylation sites (tertiary alicyclic amines) is 1. The Balaban J connectivity index is 1.16. The molecule has 0 unspecified atom stereocenters. The highest BCUT2D eigenvalue weighted by molar-refractivity contribution is 6.14. The summed E-state index contributed by atoms with van der Waals surface area (Å²) in [6.45, 7) is 2.12. The second-order valence-corrected chi connectivity index (χ2v) is 13.0. The van der Waals surface area contributed by atoms with Crippen LogP contribution >= 0.6 is 0 Å². The lowest BCUT2D eigenvalue weighted by Crippen LogP contribution is -2.44. The predicted octanol–water partition coefficient (Wildman–Crippen LogP) is 5.98. The SMILES string of the molecule is C[C@H](/C=C/CC(=O)N1CCC[C@H]1CO)[C@@]1(O)C(=O)N(Cc2ccc(N3C(=O)c4ccccc4Oc4ccccc43)cc2)c2ccc([N+](=O)[O-])cc21. The van der Waals surface area contributed by atoms with Gasteiger partial charge in [0.25, 0.3) is 17.5 Å². The second-order valence-electron chi connectivity index (χ2n) is 13.0. The number of fused-ring (bicyclic) bond motifs is 3. The van der Waals surface area contributed by atoms with Crippen molar-refractivity contribution in [1.29, 1.82) is 0 Å². The third-order valence-corrected chi connectivity index (χ3v) is 9.93. The summed E-state index contributed by atoms with van der Waals surface area (Å²) in [6.07, 6.45) is 4.74. The van der Waals surface area contributed by atoms with Crippen LogP contribution in [-0.2, 0) is 21.7 Å². The third kappa shape index (κ3) is 5.92. The van der Waals surface area contributed by atoms with Crippen molar-refractivity contribution in [2.24, 2.45) is 5.92 Å². The number of ether oxygens (including phenoxy) is 1. The van der Waals surface area contributed by atoms with Gasteiger partial charge in [-0.15, -0.1) is 0 Å². The molecule has 2 N–H and O–H groups in total. The van der Waals surface area contributed by atoms with Gasteiger partial charge >= 0.3 is 0 Å². The predicted molar refractivity (Wildman–Crippen MR) is 189 cm³/mol. The number of rotatable bonds is 9. The molecule has 12 heteroatoms. The van der Waals surface area contributed by atoms with Crippen LogP contribution in [0.4, 0.5) is 22.7 Å². The van der Waals surface area contributed by atoms with Crippen molar-refractivity contribution in [3.8, 4) is 11.5 Å². The first-order valence-corrected chi connectivity index (χ1v) is 16.8. The van der Waals surface area contributed by atoms with E-state index in [9.17, 15) is 34.7 Å². The number of aliphatic hydroxyl groups is 2. The Hall–Kier alpha value is -5.85. The van der Waals surface area contributed by atoms with Crippen LogP contribution in [0.15, 0.2) is 103 Å². The summed E-state index contributed by atoms with van der Waals surface area (Å²) in [7, 11) is 0. The summed E-state index contributed by atoms with van der Waals surface area (Å²) in [5.74, 6) is -0.969. The molecule has 260 valence electrons. The van der Waals surface area contributed by atoms with Gasteiger partial charge in [-0.1, -0.05) is 55.5 Å². The average Bonchev–Trinajstić information content (AvgIpc) is 3.67. The number of para-hydroxylation sites is 3. The van der Waals surface area contributed by atoms with Crippen molar-refractivity contribution in [3.63, 3.8) is 0 Å². The minimum atomic E-state index is -2.14. The molecule has 0 saturated carbocycles. The van der Waals surface area contributed by atoms with Crippen molar-refractivity contribution in [2.45, 2.75) is 44.4 Å². The van der Waals surface area contributed by atoms with Crippen LogP contribution in [-0.4, -0.2) is 57.0 Å². The summed E-state index contributed by atoms with van der Waals surface area (Å²) in [4.78, 5) is 56.6. The fourth-order valence-corrected chi connectivity index (χ4v) is 7.19. The number of carbonyl (C=O) groups is 3. The van der Waals surface area contributed by atoms with Crippen LogP contribution in [0.3, 0.4) is 0 Å². The van der Waals surface area contributed by atoms with Crippen LogP contribution in [0.1, 0.15) is 47.7 Å². The van der Waals surface area contributed by atoms with Gasteiger partial charge in [-0.3, -0.25) is 29.4 Å². The second kappa shape index (κ2) is 13.5. The van der Waals surface area contributed by atoms with Crippen molar-refractivity contribution in [2.75, 3.05) is 23.0 Å². The van der Waals surface area contributed by atoms with Crippen molar-refractivity contribution >= 4 is 40.5 Å². The normalized spacial score (nSPS) is 20.1. The van der Waals surface area contributed by atoms with E-state index in [1.807, 2.05) is 12.1 Å². The number of benzene rings is 4. The van der Waals surface area contributed by atoms with Crippen molar-refractivity contribution < 1.29 is 34.3 Å². The molecule has 0 aromatic heterocycles. The molecule has 4 aromatic rings. The lowest BCUT2D eigenvalue weighted by Gasteiger charge is -2.28. The maximum absolute atomic E-state index is 14.2. The molecular formula is C39H36N4O8. The monoisotopic (exact) mass is 688 g/mol. The number of non-ortho nitro benzene ring substituents is 1. The highest BCUT2D eigenvalue weighted by atomic mass is 16.6. The molecule has 4 aromatic carbocycles. The fraction of sp³-hybridized carbons (Fsp3) is 0.256. The lowest BCUT2D eigenvalue weighted by atomic mass is 9.82. The molecule has 0 aliphatic carbocycles. The van der Waals surface area contributed by atoms with E-state index in [0.717, 1.165) is 12.8 Å². The van der Waals surface area contributed by atoms with E-state index in [4.69, 9.17) is 4.74 Å². The molecule has 3 heterocycles. The van der Waals surface area contributed by atoms with Gasteiger partial charge in [0.05, 0.1) is 41.1 Å². The Bertz CT molecular complexity index is 2060. The van der Waals surface area contributed by atoms with E-state index in [1.54, 1.807) is 89.5 Å². The molecule has 3 aliphatic heterocycles. The number of hydrogen-bond acceptors (Lipinski definition) is 8. The standard InChI is InChI=1S/C39H36N4O8/c1-25(8-6-14-36(45)40-21-7-9-29(40)24-44)39(48)31-22-28(43(49)50)19-20-32(31)41(38(39)47)23-26-15-17-27(18-16-26)42-33-11-3-5-13-35(33)51-34-12-4-2-10-30(34)37(42)46/h2-6,8,10-13,15-20,22,25,29,44,48H,7,9,14,21,23-24H2,1H3/b8-6+/t25-,29+,39+/m1/s1. The van der Waals surface area contributed by atoms with Crippen LogP contribution in [0.25, 0.3) is 0 Å². The molecule has 1 fully saturated rings. The number of anilines is 3. The Morgan fingerprint density at radius 3 is 2.49 bits per heavy atom. The number of hydrogen-bond donors (Lipinski definition) is 2. The van der Waals surface area contributed by atoms with E-state index < -0.39 is 22.3 Å². The molecular weight excluding hydrogens is 652 g/mol. The number of carbonyl (C=O) groups excluding carboxylic acids is 3. The minimum Gasteiger partial charge on any atom is -0.454 e. The molecule has 3 amide bonds. The Morgan fingerprint density at radius 1 is 1.02 bits per heavy atom. The van der Waals surface area contributed by atoms with E-state index in [1.165, 1.54) is 23.1 Å². The van der Waals surface area contributed by atoms with Crippen LogP contribution < -0.4 is 14.5 Å². The topological polar surface area (TPSA) is 154 Å².